The van der Waals surface area contributed by atoms with Crippen molar-refractivity contribution in [1.29, 1.82) is 0 Å². The second kappa shape index (κ2) is 8.13. The van der Waals surface area contributed by atoms with Gasteiger partial charge in [-0.05, 0) is 37.5 Å². The van der Waals surface area contributed by atoms with Crippen molar-refractivity contribution in [2.75, 3.05) is 26.2 Å². The number of hydrogen-bond donors (Lipinski definition) is 1. The van der Waals surface area contributed by atoms with Crippen molar-refractivity contribution in [3.8, 4) is 0 Å². The van der Waals surface area contributed by atoms with E-state index in [4.69, 9.17) is 16.3 Å². The Labute approximate surface area is 144 Å². The summed E-state index contributed by atoms with van der Waals surface area (Å²) in [4.78, 5) is 14.4. The molecular formula is C18H27ClN2O2. The number of benzene rings is 1. The minimum absolute atomic E-state index is 0.117. The maximum absolute atomic E-state index is 12.5. The molecule has 23 heavy (non-hydrogen) atoms. The lowest BCUT2D eigenvalue weighted by molar-refractivity contribution is -0.137. The fourth-order valence-electron chi connectivity index (χ4n) is 3.18. The van der Waals surface area contributed by atoms with E-state index in [-0.39, 0.29) is 17.6 Å². The van der Waals surface area contributed by atoms with E-state index in [1.165, 1.54) is 5.56 Å². The second-order valence-electron chi connectivity index (χ2n) is 6.17. The number of hydrogen-bond acceptors (Lipinski definition) is 3. The molecule has 1 N–H and O–H groups in total. The van der Waals surface area contributed by atoms with E-state index < -0.39 is 0 Å². The first kappa shape index (κ1) is 18.2. The van der Waals surface area contributed by atoms with Gasteiger partial charge < -0.3 is 9.64 Å². The van der Waals surface area contributed by atoms with E-state index >= 15 is 0 Å². The summed E-state index contributed by atoms with van der Waals surface area (Å²) in [5, 5.41) is 4.24. The van der Waals surface area contributed by atoms with Gasteiger partial charge in [-0.3, -0.25) is 10.1 Å². The maximum Gasteiger partial charge on any atom is 0.236 e. The zero-order valence-electron chi connectivity index (χ0n) is 14.3. The van der Waals surface area contributed by atoms with Crippen LogP contribution in [0.15, 0.2) is 24.3 Å². The third kappa shape index (κ3) is 4.46. The summed E-state index contributed by atoms with van der Waals surface area (Å²) in [6, 6.07) is 7.90. The largest absolute Gasteiger partial charge is 0.375 e. The Morgan fingerprint density at radius 1 is 1.35 bits per heavy atom. The van der Waals surface area contributed by atoms with Crippen molar-refractivity contribution >= 4 is 17.5 Å². The van der Waals surface area contributed by atoms with Crippen LogP contribution in [0, 0.1) is 0 Å². The van der Waals surface area contributed by atoms with E-state index in [2.05, 4.69) is 19.2 Å². The molecule has 1 amide bonds. The topological polar surface area (TPSA) is 41.6 Å². The van der Waals surface area contributed by atoms with Gasteiger partial charge >= 0.3 is 0 Å². The molecule has 1 atom stereocenters. The van der Waals surface area contributed by atoms with Gasteiger partial charge in [-0.1, -0.05) is 37.6 Å². The molecule has 1 aromatic rings. The Hall–Kier alpha value is -1.10. The first-order chi connectivity index (χ1) is 11.0. The van der Waals surface area contributed by atoms with E-state index in [0.29, 0.717) is 26.2 Å². The molecule has 1 unspecified atom stereocenters. The fraction of sp³-hybridized carbons (Fsp3) is 0.611. The second-order valence-corrected chi connectivity index (χ2v) is 6.61. The van der Waals surface area contributed by atoms with Crippen LogP contribution in [-0.4, -0.2) is 43.2 Å². The van der Waals surface area contributed by atoms with Gasteiger partial charge in [-0.2, -0.15) is 0 Å². The first-order valence-electron chi connectivity index (χ1n) is 8.41. The Morgan fingerprint density at radius 3 is 2.57 bits per heavy atom. The fourth-order valence-corrected chi connectivity index (χ4v) is 3.31. The molecule has 1 saturated heterocycles. The summed E-state index contributed by atoms with van der Waals surface area (Å²) in [5.41, 5.74) is 0.980. The van der Waals surface area contributed by atoms with Gasteiger partial charge in [-0.15, -0.1) is 0 Å². The van der Waals surface area contributed by atoms with Crippen LogP contribution in [0.5, 0.6) is 0 Å². The summed E-state index contributed by atoms with van der Waals surface area (Å²) in [7, 11) is 0. The van der Waals surface area contributed by atoms with E-state index in [0.717, 1.165) is 17.9 Å². The highest BCUT2D eigenvalue weighted by Crippen LogP contribution is 2.29. The molecule has 0 aromatic heterocycles. The monoisotopic (exact) mass is 338 g/mol. The predicted molar refractivity (Wildman–Crippen MR) is 93.7 cm³/mol. The van der Waals surface area contributed by atoms with Gasteiger partial charge in [0, 0.05) is 23.7 Å². The van der Waals surface area contributed by atoms with Crippen molar-refractivity contribution in [1.82, 2.24) is 10.2 Å². The SMILES string of the molecule is CCC(CC)(NCC(=O)N1CCOC(C)C1)c1ccc(Cl)cc1. The summed E-state index contributed by atoms with van der Waals surface area (Å²) in [6.45, 7) is 8.61. The van der Waals surface area contributed by atoms with Crippen molar-refractivity contribution < 1.29 is 9.53 Å². The number of rotatable bonds is 6. The molecule has 0 saturated carbocycles. The smallest absolute Gasteiger partial charge is 0.236 e. The summed E-state index contributed by atoms with van der Waals surface area (Å²) in [6.07, 6.45) is 1.95. The van der Waals surface area contributed by atoms with Crippen LogP contribution in [0.1, 0.15) is 39.2 Å². The van der Waals surface area contributed by atoms with Crippen molar-refractivity contribution in [2.24, 2.45) is 0 Å². The first-order valence-corrected chi connectivity index (χ1v) is 8.79. The molecule has 5 heteroatoms. The Morgan fingerprint density at radius 2 is 2.00 bits per heavy atom. The van der Waals surface area contributed by atoms with E-state index in [1.54, 1.807) is 0 Å². The third-order valence-electron chi connectivity index (χ3n) is 4.78. The van der Waals surface area contributed by atoms with Crippen LogP contribution < -0.4 is 5.32 Å². The number of ether oxygens (including phenoxy) is 1. The third-order valence-corrected chi connectivity index (χ3v) is 5.03. The number of carbonyl (C=O) groups excluding carboxylic acids is 1. The van der Waals surface area contributed by atoms with Gasteiger partial charge in [0.1, 0.15) is 0 Å². The van der Waals surface area contributed by atoms with Gasteiger partial charge in [0.25, 0.3) is 0 Å². The molecule has 1 aliphatic heterocycles. The molecule has 0 radical (unpaired) electrons. The van der Waals surface area contributed by atoms with Crippen LogP contribution >= 0.6 is 11.6 Å². The van der Waals surface area contributed by atoms with Crippen molar-refractivity contribution in [3.05, 3.63) is 34.9 Å². The highest BCUT2D eigenvalue weighted by molar-refractivity contribution is 6.30. The molecule has 1 heterocycles. The van der Waals surface area contributed by atoms with Crippen LogP contribution in [0.4, 0.5) is 0 Å². The number of amides is 1. The molecule has 4 nitrogen and oxygen atoms in total. The molecule has 1 fully saturated rings. The Bertz CT molecular complexity index is 514. The molecule has 128 valence electrons. The minimum atomic E-state index is -0.196. The van der Waals surface area contributed by atoms with Gasteiger partial charge in [0.15, 0.2) is 0 Å². The summed E-state index contributed by atoms with van der Waals surface area (Å²) < 4.78 is 5.50. The van der Waals surface area contributed by atoms with Gasteiger partial charge in [0.05, 0.1) is 19.3 Å². The van der Waals surface area contributed by atoms with Gasteiger partial charge in [0.2, 0.25) is 5.91 Å². The van der Waals surface area contributed by atoms with Crippen LogP contribution in [0.25, 0.3) is 0 Å². The molecule has 1 aromatic carbocycles. The summed E-state index contributed by atoms with van der Waals surface area (Å²) >= 11 is 6.00. The van der Waals surface area contributed by atoms with Crippen LogP contribution in [0.3, 0.4) is 0 Å². The lowest BCUT2D eigenvalue weighted by Crippen LogP contribution is -2.51. The predicted octanol–water partition coefficient (Wildman–Crippen LogP) is 3.19. The maximum atomic E-state index is 12.5. The number of nitrogens with zero attached hydrogens (tertiary/aromatic N) is 1. The Kier molecular flexibility index (Phi) is 6.45. The number of halogens is 1. The molecule has 0 aliphatic carbocycles. The zero-order chi connectivity index (χ0) is 16.9. The van der Waals surface area contributed by atoms with Crippen molar-refractivity contribution in [3.63, 3.8) is 0 Å². The molecule has 2 rings (SSSR count). The highest BCUT2D eigenvalue weighted by Gasteiger charge is 2.30. The molecule has 1 aliphatic rings. The Balaban J connectivity index is 2.04. The quantitative estimate of drug-likeness (QED) is 0.866. The minimum Gasteiger partial charge on any atom is -0.375 e. The average Bonchev–Trinajstić information content (AvgIpc) is 2.57. The number of nitrogens with one attached hydrogen (secondary N) is 1. The average molecular weight is 339 g/mol. The molecular weight excluding hydrogens is 312 g/mol. The molecule has 0 spiro atoms. The summed E-state index contributed by atoms with van der Waals surface area (Å²) in [5.74, 6) is 0.139. The van der Waals surface area contributed by atoms with Crippen LogP contribution in [0.2, 0.25) is 5.02 Å². The van der Waals surface area contributed by atoms with Gasteiger partial charge in [-0.25, -0.2) is 0 Å². The lowest BCUT2D eigenvalue weighted by atomic mass is 9.84. The van der Waals surface area contributed by atoms with Crippen LogP contribution in [-0.2, 0) is 15.1 Å². The van der Waals surface area contributed by atoms with E-state index in [9.17, 15) is 4.79 Å². The van der Waals surface area contributed by atoms with Crippen molar-refractivity contribution in [2.45, 2.75) is 45.3 Å². The standard InChI is InChI=1S/C18H27ClN2O2/c1-4-18(5-2,15-6-8-16(19)9-7-15)20-12-17(22)21-10-11-23-14(3)13-21/h6-9,14,20H,4-5,10-13H2,1-3H3. The van der Waals surface area contributed by atoms with E-state index in [1.807, 2.05) is 36.1 Å². The number of morpholine rings is 1. The lowest BCUT2D eigenvalue weighted by Gasteiger charge is -2.36. The normalized spacial score (nSPS) is 19.0. The number of carbonyl (C=O) groups is 1. The molecule has 0 bridgehead atoms. The zero-order valence-corrected chi connectivity index (χ0v) is 15.0. The highest BCUT2D eigenvalue weighted by atomic mass is 35.5.